The minimum Gasteiger partial charge on any atom is -0.426 e. The summed E-state index contributed by atoms with van der Waals surface area (Å²) < 4.78 is 30.1. The lowest BCUT2D eigenvalue weighted by Crippen LogP contribution is -2.19. The summed E-state index contributed by atoms with van der Waals surface area (Å²) in [6.45, 7) is 10.1. The van der Waals surface area contributed by atoms with E-state index in [0.717, 1.165) is 27.0 Å². The summed E-state index contributed by atoms with van der Waals surface area (Å²) in [7, 11) is 0. The molecule has 1 aliphatic carbocycles. The first-order valence-corrected chi connectivity index (χ1v) is 14.8. The van der Waals surface area contributed by atoms with Crippen molar-refractivity contribution < 1.29 is 18.8 Å². The number of halogens is 2. The minimum atomic E-state index is -2.94. The van der Waals surface area contributed by atoms with E-state index >= 15 is 0 Å². The third-order valence-electron chi connectivity index (χ3n) is 8.67. The van der Waals surface area contributed by atoms with Gasteiger partial charge >= 0.3 is 0 Å². The zero-order valence-electron chi connectivity index (χ0n) is 25.5. The lowest BCUT2D eigenvalue weighted by Gasteiger charge is -2.18. The number of rotatable bonds is 7. The third-order valence-corrected chi connectivity index (χ3v) is 8.67. The first-order valence-electron chi connectivity index (χ1n) is 14.8. The molecule has 7 heteroatoms. The summed E-state index contributed by atoms with van der Waals surface area (Å²) in [6, 6.07) is 24.1. The van der Waals surface area contributed by atoms with Gasteiger partial charge in [-0.05, 0) is 110 Å². The molecule has 4 aromatic carbocycles. The van der Waals surface area contributed by atoms with Crippen molar-refractivity contribution in [2.75, 3.05) is 5.32 Å². The highest BCUT2D eigenvalue weighted by atomic mass is 19.3. The van der Waals surface area contributed by atoms with Gasteiger partial charge in [0.15, 0.2) is 11.5 Å². The molecule has 6 rings (SSSR count). The molecule has 0 saturated heterocycles. The van der Waals surface area contributed by atoms with Crippen LogP contribution in [0, 0.1) is 40.5 Å². The van der Waals surface area contributed by atoms with Gasteiger partial charge in [-0.15, -0.1) is 0 Å². The highest BCUT2D eigenvalue weighted by Crippen LogP contribution is 2.50. The van der Waals surface area contributed by atoms with E-state index in [2.05, 4.69) is 68.3 Å². The molecule has 0 unspecified atom stereocenters. The van der Waals surface area contributed by atoms with Gasteiger partial charge in [0.1, 0.15) is 0 Å². The fraction of sp³-hybridized carbons (Fsp3) is 0.243. The van der Waals surface area contributed by atoms with Crippen LogP contribution in [0.5, 0.6) is 0 Å². The van der Waals surface area contributed by atoms with Crippen LogP contribution in [-0.2, 0) is 5.92 Å². The largest absolute Gasteiger partial charge is 0.426 e. The van der Waals surface area contributed by atoms with Gasteiger partial charge in [0.25, 0.3) is 11.8 Å². The fourth-order valence-electron chi connectivity index (χ4n) is 6.26. The summed E-state index contributed by atoms with van der Waals surface area (Å²) in [5, 5.41) is 13.8. The molecule has 2 N–H and O–H groups in total. The average Bonchev–Trinajstić information content (AvgIpc) is 3.80. The number of benzene rings is 4. The predicted molar refractivity (Wildman–Crippen MR) is 170 cm³/mol. The normalized spacial score (nSPS) is 13.2. The van der Waals surface area contributed by atoms with Crippen LogP contribution < -0.4 is 5.32 Å². The number of anilines is 1. The van der Waals surface area contributed by atoms with Crippen LogP contribution in [0.25, 0.3) is 33.6 Å². The van der Waals surface area contributed by atoms with Crippen LogP contribution in [0.1, 0.15) is 56.8 Å². The Labute approximate surface area is 256 Å². The Bertz CT molecular complexity index is 1900. The van der Waals surface area contributed by atoms with Crippen LogP contribution in [0.15, 0.2) is 78.9 Å². The Hall–Kier alpha value is -4.78. The van der Waals surface area contributed by atoms with E-state index in [0.29, 0.717) is 24.1 Å². The second-order valence-corrected chi connectivity index (χ2v) is 11.9. The molecule has 1 aromatic heterocycles. The standard InChI is InChI=1S/C37H35F2N3O2/c1-21-9-6-10-22(2)32(21)31-18-15-23(3)33(24(31)4)26-11-7-12-27(19-26)35-40-25(5)34(42(35)44)36(43)41-30-14-8-13-29(20-30)37(38,39)28-16-17-28/h6-15,18-20,28,44H,16-17H2,1-5H3,(H,41,43). The minimum absolute atomic E-state index is 0.0610. The SMILES string of the molecule is Cc1cccc(C)c1-c1ccc(C)c(-c2cccc(-c3nc(C)c(C(=O)Nc4cccc(C(F)(F)C5CC5)c4)n3O)c2)c1C. The number of nitrogens with one attached hydrogen (secondary N) is 1. The molecule has 0 spiro atoms. The van der Waals surface area contributed by atoms with Crippen LogP contribution in [0.2, 0.25) is 0 Å². The van der Waals surface area contributed by atoms with Gasteiger partial charge in [-0.25, -0.2) is 13.8 Å². The second kappa shape index (κ2) is 11.1. The Morgan fingerprint density at radius 1 is 0.841 bits per heavy atom. The van der Waals surface area contributed by atoms with E-state index in [4.69, 9.17) is 0 Å². The Balaban J connectivity index is 1.33. The van der Waals surface area contributed by atoms with Crippen molar-refractivity contribution in [3.8, 4) is 33.6 Å². The Kier molecular flexibility index (Phi) is 7.36. The van der Waals surface area contributed by atoms with Crippen molar-refractivity contribution in [1.29, 1.82) is 0 Å². The zero-order chi connectivity index (χ0) is 31.3. The van der Waals surface area contributed by atoms with E-state index in [1.165, 1.54) is 40.5 Å². The summed E-state index contributed by atoms with van der Waals surface area (Å²) in [5.41, 5.74) is 10.1. The molecule has 1 saturated carbocycles. The molecular formula is C37H35F2N3O2. The van der Waals surface area contributed by atoms with Crippen molar-refractivity contribution >= 4 is 11.6 Å². The number of carbonyl (C=O) groups is 1. The summed E-state index contributed by atoms with van der Waals surface area (Å²) in [5.74, 6) is -4.03. The predicted octanol–water partition coefficient (Wildman–Crippen LogP) is 9.42. The van der Waals surface area contributed by atoms with E-state index in [1.54, 1.807) is 13.0 Å². The van der Waals surface area contributed by atoms with Crippen LogP contribution in [-0.4, -0.2) is 20.8 Å². The van der Waals surface area contributed by atoms with Gasteiger partial charge in [0, 0.05) is 22.7 Å². The highest BCUT2D eigenvalue weighted by molar-refractivity contribution is 6.04. The molecule has 1 aliphatic rings. The third kappa shape index (κ3) is 5.17. The number of carbonyl (C=O) groups excluding carboxylic acids is 1. The number of alkyl halides is 2. The van der Waals surface area contributed by atoms with Gasteiger partial charge in [-0.3, -0.25) is 4.79 Å². The van der Waals surface area contributed by atoms with Gasteiger partial charge in [0.2, 0.25) is 0 Å². The molecule has 0 aliphatic heterocycles. The van der Waals surface area contributed by atoms with Crippen LogP contribution in [0.4, 0.5) is 14.5 Å². The van der Waals surface area contributed by atoms with Crippen molar-refractivity contribution in [2.45, 2.75) is 53.4 Å². The summed E-state index contributed by atoms with van der Waals surface area (Å²) >= 11 is 0. The average molecular weight is 592 g/mol. The smallest absolute Gasteiger partial charge is 0.277 e. The number of nitrogens with zero attached hydrogens (tertiary/aromatic N) is 2. The first kappa shape index (κ1) is 29.3. The van der Waals surface area contributed by atoms with E-state index in [9.17, 15) is 18.8 Å². The Morgan fingerprint density at radius 3 is 2.18 bits per heavy atom. The maximum absolute atomic E-state index is 14.7. The van der Waals surface area contributed by atoms with E-state index in [1.807, 2.05) is 24.3 Å². The topological polar surface area (TPSA) is 67.2 Å². The quantitative estimate of drug-likeness (QED) is 0.185. The van der Waals surface area contributed by atoms with E-state index in [-0.39, 0.29) is 22.8 Å². The van der Waals surface area contributed by atoms with Gasteiger partial charge in [-0.2, -0.15) is 4.73 Å². The van der Waals surface area contributed by atoms with Gasteiger partial charge < -0.3 is 10.5 Å². The van der Waals surface area contributed by atoms with Crippen molar-refractivity contribution in [3.05, 3.63) is 118 Å². The Morgan fingerprint density at radius 2 is 1.48 bits per heavy atom. The van der Waals surface area contributed by atoms with Crippen LogP contribution in [0.3, 0.4) is 0 Å². The first-order chi connectivity index (χ1) is 21.0. The van der Waals surface area contributed by atoms with Crippen molar-refractivity contribution in [3.63, 3.8) is 0 Å². The monoisotopic (exact) mass is 591 g/mol. The molecule has 5 nitrogen and oxygen atoms in total. The zero-order valence-corrected chi connectivity index (χ0v) is 25.5. The molecule has 44 heavy (non-hydrogen) atoms. The number of hydrogen-bond donors (Lipinski definition) is 2. The van der Waals surface area contributed by atoms with Crippen molar-refractivity contribution in [2.24, 2.45) is 5.92 Å². The molecule has 0 atom stereocenters. The number of aromatic nitrogens is 2. The molecule has 1 amide bonds. The molecular weight excluding hydrogens is 556 g/mol. The van der Waals surface area contributed by atoms with Crippen molar-refractivity contribution in [1.82, 2.24) is 9.71 Å². The second-order valence-electron chi connectivity index (χ2n) is 11.9. The number of amides is 1. The van der Waals surface area contributed by atoms with Gasteiger partial charge in [0.05, 0.1) is 5.69 Å². The maximum Gasteiger partial charge on any atom is 0.277 e. The number of aryl methyl sites for hydroxylation is 4. The molecule has 1 heterocycles. The molecule has 224 valence electrons. The lowest BCUT2D eigenvalue weighted by atomic mass is 9.86. The molecule has 0 bridgehead atoms. The number of imidazole rings is 1. The van der Waals surface area contributed by atoms with Crippen LogP contribution >= 0.6 is 0 Å². The fourth-order valence-corrected chi connectivity index (χ4v) is 6.26. The lowest BCUT2D eigenvalue weighted by molar-refractivity contribution is -0.0285. The summed E-state index contributed by atoms with van der Waals surface area (Å²) in [6.07, 6.45) is 0.987. The number of hydrogen-bond acceptors (Lipinski definition) is 3. The maximum atomic E-state index is 14.7. The van der Waals surface area contributed by atoms with E-state index < -0.39 is 17.7 Å². The van der Waals surface area contributed by atoms with Gasteiger partial charge in [-0.1, -0.05) is 60.7 Å². The summed E-state index contributed by atoms with van der Waals surface area (Å²) in [4.78, 5) is 17.8. The highest BCUT2D eigenvalue weighted by Gasteiger charge is 2.48. The molecule has 0 radical (unpaired) electrons. The molecule has 1 fully saturated rings. The molecule has 5 aromatic rings.